The molecule has 5 saturated heterocycles. The molecule has 5 heterocycles. The Labute approximate surface area is 351 Å². The molecule has 0 spiro atoms. The van der Waals surface area contributed by atoms with Gasteiger partial charge in [-0.3, -0.25) is 9.59 Å². The summed E-state index contributed by atoms with van der Waals surface area (Å²) in [4.78, 5) is 24.2. The number of nitrogens with one attached hydrogen (secondary N) is 2. The third-order valence-corrected chi connectivity index (χ3v) is 11.1. The van der Waals surface area contributed by atoms with Crippen molar-refractivity contribution in [2.75, 3.05) is 33.0 Å². The maximum atomic E-state index is 12.4. The van der Waals surface area contributed by atoms with Gasteiger partial charge >= 0.3 is 0 Å². The second kappa shape index (κ2) is 22.0. The lowest BCUT2D eigenvalue weighted by molar-refractivity contribution is -0.384. The van der Waals surface area contributed by atoms with Gasteiger partial charge in [-0.15, -0.1) is 0 Å². The molecule has 0 bridgehead atoms. The van der Waals surface area contributed by atoms with Gasteiger partial charge in [0.05, 0.1) is 33.0 Å². The van der Waals surface area contributed by atoms with Gasteiger partial charge in [-0.1, -0.05) is 0 Å². The summed E-state index contributed by atoms with van der Waals surface area (Å²) in [5.74, 6) is -1.49. The molecule has 0 aromatic heterocycles. The number of aliphatic hydroxyl groups excluding tert-OH is 15. The first-order valence-corrected chi connectivity index (χ1v) is 19.6. The molecule has 5 aliphatic rings. The summed E-state index contributed by atoms with van der Waals surface area (Å²) < 4.78 is 50.8. The third-order valence-electron chi connectivity index (χ3n) is 11.1. The lowest BCUT2D eigenvalue weighted by Gasteiger charge is -2.50. The van der Waals surface area contributed by atoms with E-state index in [1.54, 1.807) is 0 Å². The second-order valence-electron chi connectivity index (χ2n) is 15.5. The predicted octanol–water partition coefficient (Wildman–Crippen LogP) is -11.6. The van der Waals surface area contributed by atoms with E-state index in [1.807, 2.05) is 0 Å². The fourth-order valence-corrected chi connectivity index (χ4v) is 7.73. The van der Waals surface area contributed by atoms with Crippen LogP contribution in [-0.4, -0.2) is 275 Å². The average Bonchev–Trinajstić information content (AvgIpc) is 3.23. The minimum absolute atomic E-state index is 0.693. The number of carbonyl (C=O) groups is 2. The monoisotopic (exact) mass is 910 g/mol. The van der Waals surface area contributed by atoms with Gasteiger partial charge in [0.15, 0.2) is 31.5 Å². The molecule has 5 rings (SSSR count). The minimum atomic E-state index is -2.18. The van der Waals surface area contributed by atoms with Gasteiger partial charge < -0.3 is 130 Å². The molecule has 25 atom stereocenters. The van der Waals surface area contributed by atoms with Crippen LogP contribution in [0.1, 0.15) is 13.8 Å². The van der Waals surface area contributed by atoms with E-state index >= 15 is 0 Å². The summed E-state index contributed by atoms with van der Waals surface area (Å²) in [6.07, 6.45) is -42.3. The van der Waals surface area contributed by atoms with E-state index in [0.29, 0.717) is 0 Å². The Morgan fingerprint density at radius 2 is 0.823 bits per heavy atom. The number of aliphatic hydroxyl groups is 15. The van der Waals surface area contributed by atoms with Gasteiger partial charge in [0.25, 0.3) is 0 Å². The van der Waals surface area contributed by atoms with Gasteiger partial charge in [0.1, 0.15) is 122 Å². The highest BCUT2D eigenvalue weighted by atomic mass is 16.8. The number of hydrogen-bond donors (Lipinski definition) is 17. The molecule has 62 heavy (non-hydrogen) atoms. The highest BCUT2D eigenvalue weighted by molar-refractivity contribution is 5.73. The summed E-state index contributed by atoms with van der Waals surface area (Å²) in [5.41, 5.74) is 0. The van der Waals surface area contributed by atoms with Crippen LogP contribution in [0.25, 0.3) is 0 Å². The van der Waals surface area contributed by atoms with E-state index in [1.165, 1.54) is 0 Å². The zero-order chi connectivity index (χ0) is 45.9. The van der Waals surface area contributed by atoms with Crippen molar-refractivity contribution in [3.05, 3.63) is 0 Å². The van der Waals surface area contributed by atoms with Gasteiger partial charge in [0, 0.05) is 13.8 Å². The molecule has 0 aliphatic carbocycles. The first-order chi connectivity index (χ1) is 29.3. The Kier molecular flexibility index (Phi) is 18.1. The molecule has 360 valence electrons. The van der Waals surface area contributed by atoms with Crippen molar-refractivity contribution in [2.24, 2.45) is 0 Å². The molecule has 5 aliphatic heterocycles. The number of amides is 2. The minimum Gasteiger partial charge on any atom is -0.394 e. The normalized spacial score (nSPS) is 49.0. The van der Waals surface area contributed by atoms with E-state index in [4.69, 9.17) is 42.6 Å². The SMILES string of the molecule is CC(=O)N[C@@H]1[C@@H](O)[C@H](O[C@@H]2O[C@H](CO)[C@@H](O[C@@H]3O[C@H](CO[C@H]4O[C@H](CO)[C@@H](O)[C@H](O)[C@@H]4O)[C@@H](O)[C@H](O[C@@H]4O[C@H](CO)[C@@H](O)[C@H](O)[C@@H]4O)[C@@H]3O)[C@H](O)[C@H]2NC(C)=O)[C@@H](CO)O[C@@H]1O. The van der Waals surface area contributed by atoms with E-state index in [2.05, 4.69) is 10.6 Å². The summed E-state index contributed by atoms with van der Waals surface area (Å²) in [5, 5.41) is 163. The molecule has 0 aromatic rings. The molecular formula is C34H58N2O26. The molecule has 28 heteroatoms. The Bertz CT molecular complexity index is 1440. The Morgan fingerprint density at radius 1 is 0.419 bits per heavy atom. The van der Waals surface area contributed by atoms with Crippen LogP contribution >= 0.6 is 0 Å². The topological polar surface area (TPSA) is 445 Å². The third kappa shape index (κ3) is 11.0. The first kappa shape index (κ1) is 51.0. The van der Waals surface area contributed by atoms with Crippen molar-refractivity contribution < 1.29 is 129 Å². The maximum absolute atomic E-state index is 12.4. The Balaban J connectivity index is 1.41. The number of ether oxygens (including phenoxy) is 9. The van der Waals surface area contributed by atoms with Crippen LogP contribution in [0.15, 0.2) is 0 Å². The largest absolute Gasteiger partial charge is 0.394 e. The van der Waals surface area contributed by atoms with E-state index in [9.17, 15) is 86.2 Å². The van der Waals surface area contributed by atoms with Crippen LogP contribution in [-0.2, 0) is 52.2 Å². The van der Waals surface area contributed by atoms with Crippen LogP contribution in [0.4, 0.5) is 0 Å². The van der Waals surface area contributed by atoms with E-state index in [-0.39, 0.29) is 0 Å². The van der Waals surface area contributed by atoms with Gasteiger partial charge in [0.2, 0.25) is 11.8 Å². The highest BCUT2D eigenvalue weighted by Crippen LogP contribution is 2.35. The fraction of sp³-hybridized carbons (Fsp3) is 0.941. The van der Waals surface area contributed by atoms with Crippen molar-refractivity contribution in [1.29, 1.82) is 0 Å². The standard InChI is InChI=1S/C34H58N2O26/c1-8(41)35-15-20(46)27(12(5-39)55-30(15)53)60-31-16(36-9(2)42)21(47)28(13(6-40)58-31)61-34-26(52)29(62-33-25(51)23(49)18(44)11(4-38)57-33)19(45)14(59-34)7-54-32-24(50)22(48)17(43)10(3-37)56-32/h10-34,37-40,43-53H,3-7H2,1-2H3,(H,35,41)(H,36,42)/t10-,11-,12-,13-,14-,15-,16-,17-,18-,19-,20-,21-,22+,23+,24+,25+,26+,27-,28-,29+,30+,31+,32+,33+,34+/m1/s1. The number of rotatable bonds is 15. The van der Waals surface area contributed by atoms with Crippen molar-refractivity contribution in [3.8, 4) is 0 Å². The van der Waals surface area contributed by atoms with E-state index < -0.39 is 198 Å². The molecule has 0 unspecified atom stereocenters. The summed E-state index contributed by atoms with van der Waals surface area (Å²) >= 11 is 0. The van der Waals surface area contributed by atoms with Crippen LogP contribution in [0, 0.1) is 0 Å². The molecule has 5 fully saturated rings. The Hall–Kier alpha value is -2.02. The zero-order valence-corrected chi connectivity index (χ0v) is 33.2. The molecule has 0 radical (unpaired) electrons. The average molecular weight is 911 g/mol. The van der Waals surface area contributed by atoms with Gasteiger partial charge in [-0.2, -0.15) is 0 Å². The first-order valence-electron chi connectivity index (χ1n) is 19.6. The lowest BCUT2D eigenvalue weighted by atomic mass is 9.94. The molecule has 0 aromatic carbocycles. The highest BCUT2D eigenvalue weighted by Gasteiger charge is 2.56. The number of hydrogen-bond acceptors (Lipinski definition) is 26. The smallest absolute Gasteiger partial charge is 0.217 e. The fourth-order valence-electron chi connectivity index (χ4n) is 7.73. The predicted molar refractivity (Wildman–Crippen MR) is 190 cm³/mol. The summed E-state index contributed by atoms with van der Waals surface area (Å²) in [6.45, 7) is -2.31. The van der Waals surface area contributed by atoms with Crippen molar-refractivity contribution in [2.45, 2.75) is 167 Å². The maximum Gasteiger partial charge on any atom is 0.217 e. The summed E-state index contributed by atoms with van der Waals surface area (Å²) in [6, 6.07) is -3.19. The van der Waals surface area contributed by atoms with Crippen molar-refractivity contribution in [3.63, 3.8) is 0 Å². The van der Waals surface area contributed by atoms with Crippen LogP contribution in [0.2, 0.25) is 0 Å². The molecule has 28 nitrogen and oxygen atoms in total. The van der Waals surface area contributed by atoms with Crippen LogP contribution in [0.5, 0.6) is 0 Å². The van der Waals surface area contributed by atoms with Crippen molar-refractivity contribution in [1.82, 2.24) is 10.6 Å². The summed E-state index contributed by atoms with van der Waals surface area (Å²) in [7, 11) is 0. The molecule has 17 N–H and O–H groups in total. The molecule has 0 saturated carbocycles. The van der Waals surface area contributed by atoms with Crippen molar-refractivity contribution >= 4 is 11.8 Å². The molecule has 2 amide bonds. The molecular weight excluding hydrogens is 852 g/mol. The van der Waals surface area contributed by atoms with Gasteiger partial charge in [-0.25, -0.2) is 0 Å². The number of carbonyl (C=O) groups excluding carboxylic acids is 2. The lowest BCUT2D eigenvalue weighted by Crippen LogP contribution is -2.70. The quantitative estimate of drug-likeness (QED) is 0.0725. The van der Waals surface area contributed by atoms with E-state index in [0.717, 1.165) is 13.8 Å². The van der Waals surface area contributed by atoms with Crippen LogP contribution in [0.3, 0.4) is 0 Å². The Morgan fingerprint density at radius 3 is 1.35 bits per heavy atom. The second-order valence-corrected chi connectivity index (χ2v) is 15.5. The van der Waals surface area contributed by atoms with Crippen LogP contribution < -0.4 is 10.6 Å². The zero-order valence-electron chi connectivity index (χ0n) is 33.2. The van der Waals surface area contributed by atoms with Gasteiger partial charge in [-0.05, 0) is 0 Å².